The number of carbonyl (C=O) groups excluding carboxylic acids is 1. The van der Waals surface area contributed by atoms with Gasteiger partial charge in [0, 0.05) is 14.1 Å². The number of ether oxygens (including phenoxy) is 1. The Balaban J connectivity index is 2.64. The molecule has 1 aromatic rings. The molecule has 0 heterocycles. The maximum absolute atomic E-state index is 11.3. The average Bonchev–Trinajstić information content (AvgIpc) is 2.26. The standard InChI is InChI=1S/C11H14ClNO3/c1-13(2)11(15)7-16-10-4-3-8(6-14)5-9(10)12/h3-5,14H,6-7H2,1-2H3. The minimum Gasteiger partial charge on any atom is -0.482 e. The third kappa shape index (κ3) is 3.40. The zero-order valence-corrected chi connectivity index (χ0v) is 9.99. The summed E-state index contributed by atoms with van der Waals surface area (Å²) in [5, 5.41) is 9.27. The van der Waals surface area contributed by atoms with Crippen LogP contribution in [0.25, 0.3) is 0 Å². The van der Waals surface area contributed by atoms with Crippen molar-refractivity contribution in [2.45, 2.75) is 6.61 Å². The number of hydrogen-bond donors (Lipinski definition) is 1. The van der Waals surface area contributed by atoms with Gasteiger partial charge in [0.15, 0.2) is 6.61 Å². The summed E-state index contributed by atoms with van der Waals surface area (Å²) in [7, 11) is 3.31. The van der Waals surface area contributed by atoms with Crippen LogP contribution in [0, 0.1) is 0 Å². The predicted octanol–water partition coefficient (Wildman–Crippen LogP) is 1.30. The van der Waals surface area contributed by atoms with Gasteiger partial charge in [-0.05, 0) is 17.7 Å². The molecule has 1 N–H and O–H groups in total. The summed E-state index contributed by atoms with van der Waals surface area (Å²) in [6, 6.07) is 4.94. The van der Waals surface area contributed by atoms with Crippen molar-refractivity contribution in [3.63, 3.8) is 0 Å². The van der Waals surface area contributed by atoms with Gasteiger partial charge in [-0.2, -0.15) is 0 Å². The summed E-state index contributed by atoms with van der Waals surface area (Å²) in [5.41, 5.74) is 0.705. The van der Waals surface area contributed by atoms with Crippen molar-refractivity contribution >= 4 is 17.5 Å². The van der Waals surface area contributed by atoms with E-state index in [1.165, 1.54) is 4.90 Å². The van der Waals surface area contributed by atoms with E-state index in [0.717, 1.165) is 0 Å². The van der Waals surface area contributed by atoms with E-state index < -0.39 is 0 Å². The molecule has 0 radical (unpaired) electrons. The van der Waals surface area contributed by atoms with E-state index in [2.05, 4.69) is 0 Å². The summed E-state index contributed by atoms with van der Waals surface area (Å²) in [5.74, 6) is 0.302. The van der Waals surface area contributed by atoms with Crippen LogP contribution in [0.15, 0.2) is 18.2 Å². The first kappa shape index (κ1) is 12.8. The van der Waals surface area contributed by atoms with Crippen molar-refractivity contribution in [1.29, 1.82) is 0 Å². The van der Waals surface area contributed by atoms with Crippen molar-refractivity contribution in [3.05, 3.63) is 28.8 Å². The van der Waals surface area contributed by atoms with Crippen molar-refractivity contribution in [2.75, 3.05) is 20.7 Å². The van der Waals surface area contributed by atoms with Crippen LogP contribution in [0.1, 0.15) is 5.56 Å². The molecular weight excluding hydrogens is 230 g/mol. The topological polar surface area (TPSA) is 49.8 Å². The SMILES string of the molecule is CN(C)C(=O)COc1ccc(CO)cc1Cl. The lowest BCUT2D eigenvalue weighted by Gasteiger charge is -2.12. The van der Waals surface area contributed by atoms with Gasteiger partial charge in [0.2, 0.25) is 0 Å². The maximum atomic E-state index is 11.3. The van der Waals surface area contributed by atoms with Gasteiger partial charge in [-0.25, -0.2) is 0 Å². The molecule has 0 fully saturated rings. The molecule has 0 saturated carbocycles. The highest BCUT2D eigenvalue weighted by Gasteiger charge is 2.07. The van der Waals surface area contributed by atoms with Gasteiger partial charge in [0.05, 0.1) is 11.6 Å². The molecule has 1 rings (SSSR count). The Kier molecular flexibility index (Phi) is 4.58. The van der Waals surface area contributed by atoms with Gasteiger partial charge < -0.3 is 14.7 Å². The van der Waals surface area contributed by atoms with Crippen LogP contribution in [0.3, 0.4) is 0 Å². The Morgan fingerprint density at radius 2 is 2.19 bits per heavy atom. The fourth-order valence-corrected chi connectivity index (χ4v) is 1.29. The van der Waals surface area contributed by atoms with Crippen molar-refractivity contribution in [2.24, 2.45) is 0 Å². The summed E-state index contributed by atoms with van der Waals surface area (Å²) in [4.78, 5) is 12.7. The number of rotatable bonds is 4. The second-order valence-electron chi connectivity index (χ2n) is 3.50. The number of carbonyl (C=O) groups is 1. The number of likely N-dealkylation sites (N-methyl/N-ethyl adjacent to an activating group) is 1. The third-order valence-electron chi connectivity index (χ3n) is 2.03. The highest BCUT2D eigenvalue weighted by Crippen LogP contribution is 2.25. The van der Waals surface area contributed by atoms with Gasteiger partial charge >= 0.3 is 0 Å². The molecule has 0 aliphatic rings. The second kappa shape index (κ2) is 5.72. The van der Waals surface area contributed by atoms with Crippen LogP contribution in [0.5, 0.6) is 5.75 Å². The molecule has 0 atom stereocenters. The van der Waals surface area contributed by atoms with Crippen molar-refractivity contribution in [3.8, 4) is 5.75 Å². The number of aliphatic hydroxyl groups is 1. The lowest BCUT2D eigenvalue weighted by atomic mass is 10.2. The second-order valence-corrected chi connectivity index (χ2v) is 3.91. The van der Waals surface area contributed by atoms with E-state index in [0.29, 0.717) is 16.3 Å². The Morgan fingerprint density at radius 1 is 1.50 bits per heavy atom. The van der Waals surface area contributed by atoms with Gasteiger partial charge in [-0.3, -0.25) is 4.79 Å². The molecule has 0 spiro atoms. The first-order valence-corrected chi connectivity index (χ1v) is 5.14. The van der Waals surface area contributed by atoms with E-state index in [9.17, 15) is 4.79 Å². The Hall–Kier alpha value is -1.26. The van der Waals surface area contributed by atoms with E-state index >= 15 is 0 Å². The van der Waals surface area contributed by atoms with Crippen molar-refractivity contribution in [1.82, 2.24) is 4.90 Å². The summed E-state index contributed by atoms with van der Waals surface area (Å²) in [6.45, 7) is -0.123. The third-order valence-corrected chi connectivity index (χ3v) is 2.32. The van der Waals surface area contributed by atoms with Crippen LogP contribution in [0.4, 0.5) is 0 Å². The molecule has 0 saturated heterocycles. The first-order valence-electron chi connectivity index (χ1n) is 4.77. The Bertz CT molecular complexity index is 379. The largest absolute Gasteiger partial charge is 0.482 e. The smallest absolute Gasteiger partial charge is 0.259 e. The maximum Gasteiger partial charge on any atom is 0.259 e. The molecule has 0 unspecified atom stereocenters. The van der Waals surface area contributed by atoms with Gasteiger partial charge in [-0.15, -0.1) is 0 Å². The van der Waals surface area contributed by atoms with Gasteiger partial charge in [-0.1, -0.05) is 17.7 Å². The van der Waals surface area contributed by atoms with E-state index in [1.54, 1.807) is 32.3 Å². The zero-order valence-electron chi connectivity index (χ0n) is 9.24. The van der Waals surface area contributed by atoms with E-state index in [-0.39, 0.29) is 19.1 Å². The predicted molar refractivity (Wildman–Crippen MR) is 61.6 cm³/mol. The number of hydrogen-bond acceptors (Lipinski definition) is 3. The number of halogens is 1. The fourth-order valence-electron chi connectivity index (χ4n) is 1.03. The quantitative estimate of drug-likeness (QED) is 0.867. The fraction of sp³-hybridized carbons (Fsp3) is 0.364. The number of aliphatic hydroxyl groups excluding tert-OH is 1. The lowest BCUT2D eigenvalue weighted by molar-refractivity contribution is -0.130. The Morgan fingerprint density at radius 3 is 2.69 bits per heavy atom. The summed E-state index contributed by atoms with van der Waals surface area (Å²) >= 11 is 5.91. The monoisotopic (exact) mass is 243 g/mol. The molecule has 4 nitrogen and oxygen atoms in total. The molecule has 5 heteroatoms. The zero-order chi connectivity index (χ0) is 12.1. The minimum atomic E-state index is -0.137. The number of benzene rings is 1. The number of amides is 1. The summed E-state index contributed by atoms with van der Waals surface area (Å²) < 4.78 is 5.25. The molecule has 1 amide bonds. The molecule has 0 bridgehead atoms. The van der Waals surface area contributed by atoms with Crippen LogP contribution < -0.4 is 4.74 Å². The molecule has 0 aliphatic carbocycles. The lowest BCUT2D eigenvalue weighted by Crippen LogP contribution is -2.27. The molecule has 1 aromatic carbocycles. The highest BCUT2D eigenvalue weighted by atomic mass is 35.5. The molecule has 0 aromatic heterocycles. The molecule has 0 aliphatic heterocycles. The normalized spacial score (nSPS) is 10.0. The number of nitrogens with zero attached hydrogens (tertiary/aromatic N) is 1. The van der Waals surface area contributed by atoms with Gasteiger partial charge in [0.1, 0.15) is 5.75 Å². The van der Waals surface area contributed by atoms with Crippen LogP contribution >= 0.6 is 11.6 Å². The highest BCUT2D eigenvalue weighted by molar-refractivity contribution is 6.32. The summed E-state index contributed by atoms with van der Waals surface area (Å²) in [6.07, 6.45) is 0. The van der Waals surface area contributed by atoms with E-state index in [1.807, 2.05) is 0 Å². The Labute approximate surface area is 99.4 Å². The van der Waals surface area contributed by atoms with Gasteiger partial charge in [0.25, 0.3) is 5.91 Å². The molecular formula is C11H14ClNO3. The molecule has 16 heavy (non-hydrogen) atoms. The minimum absolute atomic E-state index is 0.0504. The van der Waals surface area contributed by atoms with Crippen LogP contribution in [-0.2, 0) is 11.4 Å². The average molecular weight is 244 g/mol. The first-order chi connectivity index (χ1) is 7.54. The van der Waals surface area contributed by atoms with E-state index in [4.69, 9.17) is 21.4 Å². The van der Waals surface area contributed by atoms with Crippen LogP contribution in [-0.4, -0.2) is 36.6 Å². The molecule has 88 valence electrons. The van der Waals surface area contributed by atoms with Crippen molar-refractivity contribution < 1.29 is 14.6 Å². The van der Waals surface area contributed by atoms with Crippen LogP contribution in [0.2, 0.25) is 5.02 Å².